The predicted molar refractivity (Wildman–Crippen MR) is 92.5 cm³/mol. The third-order valence-corrected chi connectivity index (χ3v) is 4.51. The Morgan fingerprint density at radius 3 is 2.42 bits per heavy atom. The number of rotatable bonds is 4. The van der Waals surface area contributed by atoms with Gasteiger partial charge >= 0.3 is 6.18 Å². The second-order valence-electron chi connectivity index (χ2n) is 7.10. The highest BCUT2D eigenvalue weighted by Gasteiger charge is 2.51. The van der Waals surface area contributed by atoms with Gasteiger partial charge in [0.05, 0.1) is 12.0 Å². The number of hydrogen-bond donors (Lipinski definition) is 1. The van der Waals surface area contributed by atoms with Gasteiger partial charge in [0, 0.05) is 6.54 Å². The van der Waals surface area contributed by atoms with Crippen LogP contribution >= 0.6 is 0 Å². The Morgan fingerprint density at radius 2 is 1.85 bits per heavy atom. The summed E-state index contributed by atoms with van der Waals surface area (Å²) in [5, 5.41) is 2.47. The highest BCUT2D eigenvalue weighted by molar-refractivity contribution is 5.85. The van der Waals surface area contributed by atoms with Crippen LogP contribution in [0, 0.1) is 5.41 Å². The molecule has 7 heteroatoms. The van der Waals surface area contributed by atoms with E-state index in [2.05, 4.69) is 5.43 Å². The molecule has 0 aromatic heterocycles. The van der Waals surface area contributed by atoms with Crippen LogP contribution in [0.15, 0.2) is 36.4 Å². The average Bonchev–Trinajstić information content (AvgIpc) is 2.79. The normalized spacial score (nSPS) is 18.8. The molecule has 2 aromatic rings. The molecular formula is C19H21F3N2O2. The van der Waals surface area contributed by atoms with Gasteiger partial charge in [0.25, 0.3) is 0 Å². The Kier molecular flexibility index (Phi) is 4.60. The molecule has 1 heterocycles. The first-order valence-electron chi connectivity index (χ1n) is 8.43. The monoisotopic (exact) mass is 366 g/mol. The van der Waals surface area contributed by atoms with Crippen LogP contribution in [0.2, 0.25) is 0 Å². The standard InChI is InChI=1S/C19H21F3N2O2/c1-4-26-15-8-7-12-9-14(6-5-13(12)10-15)16(19(20,21)22)24-11-18(2,3)17(25)23-24/h5-10,16H,4,11H2,1-3H3,(H,23,25)/t16-/m0/s1. The quantitative estimate of drug-likeness (QED) is 0.881. The SMILES string of the molecule is CCOc1ccc2cc([C@H](N3CC(C)(C)C(=O)N3)C(F)(F)F)ccc2c1. The zero-order valence-corrected chi connectivity index (χ0v) is 14.9. The minimum atomic E-state index is -4.52. The van der Waals surface area contributed by atoms with Crippen LogP contribution in [0.3, 0.4) is 0 Å². The number of halogens is 3. The van der Waals surface area contributed by atoms with Crippen molar-refractivity contribution in [1.29, 1.82) is 0 Å². The molecule has 26 heavy (non-hydrogen) atoms. The van der Waals surface area contributed by atoms with Gasteiger partial charge < -0.3 is 4.74 Å². The summed E-state index contributed by atoms with van der Waals surface area (Å²) in [4.78, 5) is 11.9. The molecule has 1 N–H and O–H groups in total. The first-order chi connectivity index (χ1) is 12.1. The van der Waals surface area contributed by atoms with Crippen molar-refractivity contribution in [1.82, 2.24) is 10.4 Å². The van der Waals surface area contributed by atoms with E-state index in [1.165, 1.54) is 12.1 Å². The molecule has 140 valence electrons. The van der Waals surface area contributed by atoms with E-state index in [1.54, 1.807) is 38.1 Å². The lowest BCUT2D eigenvalue weighted by Gasteiger charge is -2.30. The lowest BCUT2D eigenvalue weighted by atomic mass is 9.93. The van der Waals surface area contributed by atoms with E-state index in [0.717, 1.165) is 10.4 Å². The van der Waals surface area contributed by atoms with Crippen molar-refractivity contribution in [2.45, 2.75) is 33.0 Å². The number of hydrazine groups is 1. The molecule has 1 atom stereocenters. The fourth-order valence-electron chi connectivity index (χ4n) is 3.19. The number of carbonyl (C=O) groups excluding carboxylic acids is 1. The molecule has 0 unspecified atom stereocenters. The van der Waals surface area contributed by atoms with E-state index in [-0.39, 0.29) is 12.1 Å². The number of hydrogen-bond acceptors (Lipinski definition) is 3. The van der Waals surface area contributed by atoms with Crippen molar-refractivity contribution in [2.75, 3.05) is 13.2 Å². The smallest absolute Gasteiger partial charge is 0.409 e. The lowest BCUT2D eigenvalue weighted by molar-refractivity contribution is -0.191. The fourth-order valence-corrected chi connectivity index (χ4v) is 3.19. The van der Waals surface area contributed by atoms with E-state index >= 15 is 0 Å². The topological polar surface area (TPSA) is 41.6 Å². The van der Waals surface area contributed by atoms with Crippen LogP contribution in [-0.2, 0) is 4.79 Å². The van der Waals surface area contributed by atoms with Gasteiger partial charge in [-0.3, -0.25) is 10.2 Å². The number of ether oxygens (including phenoxy) is 1. The number of fused-ring (bicyclic) bond motifs is 1. The minimum Gasteiger partial charge on any atom is -0.494 e. The Morgan fingerprint density at radius 1 is 1.19 bits per heavy atom. The van der Waals surface area contributed by atoms with E-state index in [1.807, 2.05) is 6.92 Å². The van der Waals surface area contributed by atoms with Crippen LogP contribution < -0.4 is 10.2 Å². The summed E-state index contributed by atoms with van der Waals surface area (Å²) in [5.74, 6) is 0.266. The second-order valence-corrected chi connectivity index (χ2v) is 7.10. The largest absolute Gasteiger partial charge is 0.494 e. The molecule has 0 spiro atoms. The number of nitrogens with zero attached hydrogens (tertiary/aromatic N) is 1. The summed E-state index contributed by atoms with van der Waals surface area (Å²) >= 11 is 0. The molecule has 1 fully saturated rings. The molecular weight excluding hydrogens is 345 g/mol. The van der Waals surface area contributed by atoms with Crippen molar-refractivity contribution < 1.29 is 22.7 Å². The molecule has 0 aliphatic carbocycles. The van der Waals surface area contributed by atoms with Gasteiger partial charge in [0.15, 0.2) is 0 Å². The molecule has 3 rings (SSSR count). The van der Waals surface area contributed by atoms with Gasteiger partial charge in [-0.15, -0.1) is 0 Å². The van der Waals surface area contributed by atoms with Gasteiger partial charge in [-0.2, -0.15) is 13.2 Å². The number of alkyl halides is 3. The van der Waals surface area contributed by atoms with Crippen LogP contribution in [0.5, 0.6) is 5.75 Å². The molecule has 1 amide bonds. The van der Waals surface area contributed by atoms with Crippen LogP contribution in [0.1, 0.15) is 32.4 Å². The zero-order valence-electron chi connectivity index (χ0n) is 14.9. The number of nitrogens with one attached hydrogen (secondary N) is 1. The van der Waals surface area contributed by atoms with Gasteiger partial charge in [0.2, 0.25) is 5.91 Å². The van der Waals surface area contributed by atoms with E-state index in [9.17, 15) is 18.0 Å². The van der Waals surface area contributed by atoms with E-state index in [0.29, 0.717) is 17.7 Å². The molecule has 4 nitrogen and oxygen atoms in total. The van der Waals surface area contributed by atoms with Crippen molar-refractivity contribution >= 4 is 16.7 Å². The first-order valence-corrected chi connectivity index (χ1v) is 8.43. The molecule has 0 bridgehead atoms. The van der Waals surface area contributed by atoms with Gasteiger partial charge in [0.1, 0.15) is 11.8 Å². The highest BCUT2D eigenvalue weighted by atomic mass is 19.4. The summed E-state index contributed by atoms with van der Waals surface area (Å²) < 4.78 is 46.8. The maximum atomic E-state index is 13.8. The minimum absolute atomic E-state index is 0.0165. The van der Waals surface area contributed by atoms with Crippen molar-refractivity contribution in [3.05, 3.63) is 42.0 Å². The van der Waals surface area contributed by atoms with Crippen LogP contribution in [0.4, 0.5) is 13.2 Å². The molecule has 2 aromatic carbocycles. The molecule has 1 saturated heterocycles. The van der Waals surface area contributed by atoms with Gasteiger partial charge in [-0.1, -0.05) is 18.2 Å². The van der Waals surface area contributed by atoms with Crippen molar-refractivity contribution in [3.63, 3.8) is 0 Å². The molecule has 1 aliphatic rings. The zero-order chi connectivity index (χ0) is 19.1. The summed E-state index contributed by atoms with van der Waals surface area (Å²) in [7, 11) is 0. The second kappa shape index (κ2) is 6.46. The predicted octanol–water partition coefficient (Wildman–Crippen LogP) is 4.21. The maximum absolute atomic E-state index is 13.8. The van der Waals surface area contributed by atoms with Gasteiger partial charge in [-0.25, -0.2) is 5.01 Å². The third-order valence-electron chi connectivity index (χ3n) is 4.51. The Labute approximate surface area is 149 Å². The first kappa shape index (κ1) is 18.5. The summed E-state index contributed by atoms with van der Waals surface area (Å²) in [6, 6.07) is 7.99. The lowest BCUT2D eigenvalue weighted by Crippen LogP contribution is -2.43. The van der Waals surface area contributed by atoms with Gasteiger partial charge in [-0.05, 0) is 55.3 Å². The maximum Gasteiger partial charge on any atom is 0.409 e. The average molecular weight is 366 g/mol. The molecule has 0 saturated carbocycles. The Bertz CT molecular complexity index is 833. The summed E-state index contributed by atoms with van der Waals surface area (Å²) in [5.41, 5.74) is 1.60. The summed E-state index contributed by atoms with van der Waals surface area (Å²) in [6.45, 7) is 5.63. The number of benzene rings is 2. The summed E-state index contributed by atoms with van der Waals surface area (Å²) in [6.07, 6.45) is -4.52. The molecule has 1 aliphatic heterocycles. The third kappa shape index (κ3) is 3.49. The highest BCUT2D eigenvalue weighted by Crippen LogP contribution is 2.41. The van der Waals surface area contributed by atoms with Crippen molar-refractivity contribution in [2.24, 2.45) is 5.41 Å². The number of carbonyl (C=O) groups is 1. The fraction of sp³-hybridized carbons (Fsp3) is 0.421. The van der Waals surface area contributed by atoms with Crippen LogP contribution in [-0.4, -0.2) is 30.2 Å². The van der Waals surface area contributed by atoms with E-state index < -0.39 is 23.5 Å². The van der Waals surface area contributed by atoms with Crippen molar-refractivity contribution in [3.8, 4) is 5.75 Å². The van der Waals surface area contributed by atoms with E-state index in [4.69, 9.17) is 4.74 Å². The number of amides is 1. The Hall–Kier alpha value is -2.28. The van der Waals surface area contributed by atoms with Crippen LogP contribution in [0.25, 0.3) is 10.8 Å². The Balaban J connectivity index is 1.99. The molecule has 0 radical (unpaired) electrons.